The van der Waals surface area contributed by atoms with Crippen LogP contribution in [0.1, 0.15) is 19.4 Å². The van der Waals surface area contributed by atoms with E-state index in [2.05, 4.69) is 10.2 Å². The molecule has 90 valence electrons. The van der Waals surface area contributed by atoms with Gasteiger partial charge in [-0.1, -0.05) is 12.1 Å². The molecule has 2 aromatic rings. The molecule has 0 saturated carbocycles. The van der Waals surface area contributed by atoms with E-state index in [0.29, 0.717) is 5.82 Å². The van der Waals surface area contributed by atoms with Crippen LogP contribution in [0.5, 0.6) is 5.75 Å². The lowest BCUT2D eigenvalue weighted by Crippen LogP contribution is -2.05. The van der Waals surface area contributed by atoms with Gasteiger partial charge in [0, 0.05) is 11.1 Å². The number of H-pyrrole nitrogens is 1. The lowest BCUT2D eigenvalue weighted by atomic mass is 10.1. The Morgan fingerprint density at radius 2 is 2.12 bits per heavy atom. The van der Waals surface area contributed by atoms with Crippen LogP contribution in [0.3, 0.4) is 0 Å². The van der Waals surface area contributed by atoms with Gasteiger partial charge in [-0.05, 0) is 32.9 Å². The molecule has 17 heavy (non-hydrogen) atoms. The average molecular weight is 231 g/mol. The molecule has 0 radical (unpaired) electrons. The molecule has 0 fully saturated rings. The number of nitrogen functional groups attached to an aromatic ring is 1. The quantitative estimate of drug-likeness (QED) is 0.853. The summed E-state index contributed by atoms with van der Waals surface area (Å²) < 4.78 is 5.66. The molecule has 0 unspecified atom stereocenters. The number of anilines is 1. The van der Waals surface area contributed by atoms with Crippen LogP contribution in [0.25, 0.3) is 11.3 Å². The van der Waals surface area contributed by atoms with Crippen molar-refractivity contribution in [1.29, 1.82) is 0 Å². The van der Waals surface area contributed by atoms with E-state index in [1.165, 1.54) is 0 Å². The molecule has 0 spiro atoms. The minimum Gasteiger partial charge on any atom is -0.491 e. The lowest BCUT2D eigenvalue weighted by Gasteiger charge is -2.10. The first-order chi connectivity index (χ1) is 8.08. The molecule has 0 amide bonds. The summed E-state index contributed by atoms with van der Waals surface area (Å²) in [5.74, 6) is 1.39. The Morgan fingerprint density at radius 1 is 1.35 bits per heavy atom. The molecule has 4 nitrogen and oxygen atoms in total. The highest BCUT2D eigenvalue weighted by Crippen LogP contribution is 2.27. The van der Waals surface area contributed by atoms with Crippen molar-refractivity contribution in [3.8, 4) is 17.0 Å². The molecule has 1 aromatic carbocycles. The van der Waals surface area contributed by atoms with Gasteiger partial charge in [0.15, 0.2) is 0 Å². The molecule has 0 aliphatic carbocycles. The number of nitrogens with two attached hydrogens (primary N) is 1. The summed E-state index contributed by atoms with van der Waals surface area (Å²) >= 11 is 0. The largest absolute Gasteiger partial charge is 0.491 e. The van der Waals surface area contributed by atoms with Gasteiger partial charge < -0.3 is 10.5 Å². The zero-order valence-corrected chi connectivity index (χ0v) is 10.3. The van der Waals surface area contributed by atoms with Crippen LogP contribution in [0.15, 0.2) is 24.3 Å². The third-order valence-corrected chi connectivity index (χ3v) is 2.54. The normalized spacial score (nSPS) is 10.8. The Hall–Kier alpha value is -1.97. The smallest absolute Gasteiger partial charge is 0.148 e. The minimum absolute atomic E-state index is 0.165. The molecule has 0 saturated heterocycles. The Morgan fingerprint density at radius 3 is 2.71 bits per heavy atom. The number of hydrogen-bond donors (Lipinski definition) is 2. The van der Waals surface area contributed by atoms with Gasteiger partial charge in [0.2, 0.25) is 0 Å². The highest BCUT2D eigenvalue weighted by molar-refractivity contribution is 5.68. The van der Waals surface area contributed by atoms with Gasteiger partial charge in [0.1, 0.15) is 11.6 Å². The molecule has 0 aliphatic rings. The first-order valence-electron chi connectivity index (χ1n) is 5.65. The number of nitrogens with zero attached hydrogens (tertiary/aromatic N) is 1. The molecule has 0 bridgehead atoms. The van der Waals surface area contributed by atoms with Gasteiger partial charge >= 0.3 is 0 Å². The van der Waals surface area contributed by atoms with Crippen molar-refractivity contribution < 1.29 is 4.74 Å². The van der Waals surface area contributed by atoms with E-state index in [1.807, 2.05) is 45.0 Å². The SMILES string of the molecule is Cc1c(N)n[nH]c1-c1cccc(OC(C)C)c1. The molecular formula is C13H17N3O. The van der Waals surface area contributed by atoms with E-state index in [0.717, 1.165) is 22.6 Å². The molecule has 0 atom stereocenters. The van der Waals surface area contributed by atoms with Gasteiger partial charge in [0.25, 0.3) is 0 Å². The Balaban J connectivity index is 2.36. The van der Waals surface area contributed by atoms with Crippen molar-refractivity contribution in [1.82, 2.24) is 10.2 Å². The fraction of sp³-hybridized carbons (Fsp3) is 0.308. The first kappa shape index (κ1) is 11.5. The second-order valence-corrected chi connectivity index (χ2v) is 4.30. The number of benzene rings is 1. The molecule has 1 aromatic heterocycles. The van der Waals surface area contributed by atoms with Crippen molar-refractivity contribution in [3.63, 3.8) is 0 Å². The third-order valence-electron chi connectivity index (χ3n) is 2.54. The van der Waals surface area contributed by atoms with Crippen molar-refractivity contribution in [2.24, 2.45) is 0 Å². The fourth-order valence-electron chi connectivity index (χ4n) is 1.69. The Labute approximate surface area is 101 Å². The van der Waals surface area contributed by atoms with E-state index >= 15 is 0 Å². The summed E-state index contributed by atoms with van der Waals surface area (Å²) in [5, 5.41) is 6.94. The monoisotopic (exact) mass is 231 g/mol. The topological polar surface area (TPSA) is 63.9 Å². The molecule has 2 rings (SSSR count). The van der Waals surface area contributed by atoms with E-state index in [1.54, 1.807) is 0 Å². The van der Waals surface area contributed by atoms with E-state index in [9.17, 15) is 0 Å². The highest BCUT2D eigenvalue weighted by atomic mass is 16.5. The Kier molecular flexibility index (Phi) is 3.04. The highest BCUT2D eigenvalue weighted by Gasteiger charge is 2.09. The molecular weight excluding hydrogens is 214 g/mol. The van der Waals surface area contributed by atoms with Crippen LogP contribution in [-0.2, 0) is 0 Å². The standard InChI is InChI=1S/C13H17N3O/c1-8(2)17-11-6-4-5-10(7-11)12-9(3)13(14)16-15-12/h4-8H,1-3H3,(H3,14,15,16). The van der Waals surface area contributed by atoms with E-state index in [4.69, 9.17) is 10.5 Å². The summed E-state index contributed by atoms with van der Waals surface area (Å²) in [4.78, 5) is 0. The summed E-state index contributed by atoms with van der Waals surface area (Å²) in [6, 6.07) is 7.90. The molecule has 4 heteroatoms. The van der Waals surface area contributed by atoms with Crippen LogP contribution in [-0.4, -0.2) is 16.3 Å². The van der Waals surface area contributed by atoms with Gasteiger partial charge in [-0.3, -0.25) is 5.10 Å². The second kappa shape index (κ2) is 4.49. The zero-order valence-electron chi connectivity index (χ0n) is 10.3. The maximum Gasteiger partial charge on any atom is 0.148 e. The fourth-order valence-corrected chi connectivity index (χ4v) is 1.69. The summed E-state index contributed by atoms with van der Waals surface area (Å²) in [5.41, 5.74) is 8.66. The van der Waals surface area contributed by atoms with Crippen molar-refractivity contribution in [2.45, 2.75) is 26.9 Å². The van der Waals surface area contributed by atoms with Crippen molar-refractivity contribution >= 4 is 5.82 Å². The number of rotatable bonds is 3. The van der Waals surface area contributed by atoms with Crippen LogP contribution < -0.4 is 10.5 Å². The Bertz CT molecular complexity index is 517. The maximum atomic E-state index is 5.72. The number of aromatic amines is 1. The average Bonchev–Trinajstić information content (AvgIpc) is 2.59. The summed E-state index contributed by atoms with van der Waals surface area (Å²) in [6.07, 6.45) is 0.165. The summed E-state index contributed by atoms with van der Waals surface area (Å²) in [7, 11) is 0. The van der Waals surface area contributed by atoms with Crippen molar-refractivity contribution in [3.05, 3.63) is 29.8 Å². The van der Waals surface area contributed by atoms with Gasteiger partial charge in [-0.2, -0.15) is 5.10 Å². The summed E-state index contributed by atoms with van der Waals surface area (Å²) in [6.45, 7) is 5.96. The van der Waals surface area contributed by atoms with Crippen LogP contribution >= 0.6 is 0 Å². The predicted molar refractivity (Wildman–Crippen MR) is 68.9 cm³/mol. The predicted octanol–water partition coefficient (Wildman–Crippen LogP) is 2.75. The van der Waals surface area contributed by atoms with Gasteiger partial charge in [-0.25, -0.2) is 0 Å². The second-order valence-electron chi connectivity index (χ2n) is 4.30. The number of ether oxygens (including phenoxy) is 1. The number of hydrogen-bond acceptors (Lipinski definition) is 3. The van der Waals surface area contributed by atoms with Crippen LogP contribution in [0.4, 0.5) is 5.82 Å². The van der Waals surface area contributed by atoms with Gasteiger partial charge in [-0.15, -0.1) is 0 Å². The molecule has 0 aliphatic heterocycles. The lowest BCUT2D eigenvalue weighted by molar-refractivity contribution is 0.242. The number of nitrogens with one attached hydrogen (secondary N) is 1. The molecule has 3 N–H and O–H groups in total. The minimum atomic E-state index is 0.165. The van der Waals surface area contributed by atoms with Crippen LogP contribution in [0, 0.1) is 6.92 Å². The third kappa shape index (κ3) is 2.41. The van der Waals surface area contributed by atoms with Crippen molar-refractivity contribution in [2.75, 3.05) is 5.73 Å². The number of aromatic nitrogens is 2. The maximum absolute atomic E-state index is 5.72. The molecule has 1 heterocycles. The van der Waals surface area contributed by atoms with Gasteiger partial charge in [0.05, 0.1) is 11.8 Å². The zero-order chi connectivity index (χ0) is 12.4. The van der Waals surface area contributed by atoms with E-state index in [-0.39, 0.29) is 6.10 Å². The van der Waals surface area contributed by atoms with Crippen LogP contribution in [0.2, 0.25) is 0 Å². The van der Waals surface area contributed by atoms with E-state index < -0.39 is 0 Å². The first-order valence-corrected chi connectivity index (χ1v) is 5.65.